The number of aromatic carboxylic acids is 1. The third-order valence-corrected chi connectivity index (χ3v) is 3.26. The zero-order chi connectivity index (χ0) is 17.1. The fourth-order valence-electron chi connectivity index (χ4n) is 2.03. The number of hydrogen-bond donors (Lipinski definition) is 1. The Bertz CT molecular complexity index is 875. The van der Waals surface area contributed by atoms with Crippen LogP contribution >= 0.6 is 0 Å². The fraction of sp³-hybridized carbons (Fsp3) is 0.0588. The number of rotatable bonds is 5. The molecule has 2 aromatic carbocycles. The van der Waals surface area contributed by atoms with E-state index in [0.717, 1.165) is 12.1 Å². The highest BCUT2D eigenvalue weighted by atomic mass is 19.2. The maximum atomic E-state index is 13.1. The molecule has 0 saturated carbocycles. The normalized spacial score (nSPS) is 10.6. The van der Waals surface area contributed by atoms with Crippen LogP contribution in [0.5, 0.6) is 5.75 Å². The molecule has 0 fully saturated rings. The highest BCUT2D eigenvalue weighted by molar-refractivity contribution is 5.85. The van der Waals surface area contributed by atoms with Gasteiger partial charge in [0.15, 0.2) is 11.6 Å². The zero-order valence-corrected chi connectivity index (χ0v) is 12.2. The Kier molecular flexibility index (Phi) is 4.24. The van der Waals surface area contributed by atoms with Gasteiger partial charge in [0, 0.05) is 11.6 Å². The van der Waals surface area contributed by atoms with E-state index >= 15 is 0 Å². The van der Waals surface area contributed by atoms with E-state index in [4.69, 9.17) is 9.84 Å². The third kappa shape index (κ3) is 3.40. The minimum Gasteiger partial charge on any atom is -0.489 e. The molecule has 0 unspecified atom stereocenters. The molecule has 0 aliphatic heterocycles. The van der Waals surface area contributed by atoms with E-state index in [1.54, 1.807) is 24.3 Å². The van der Waals surface area contributed by atoms with Gasteiger partial charge in [-0.2, -0.15) is 0 Å². The Morgan fingerprint density at radius 2 is 1.83 bits per heavy atom. The lowest BCUT2D eigenvalue weighted by molar-refractivity contribution is 0.0652. The highest BCUT2D eigenvalue weighted by Crippen LogP contribution is 2.23. The minimum atomic E-state index is -1.19. The van der Waals surface area contributed by atoms with Crippen molar-refractivity contribution < 1.29 is 27.9 Å². The van der Waals surface area contributed by atoms with Crippen molar-refractivity contribution in [1.29, 1.82) is 0 Å². The number of hydrogen-bond acceptors (Lipinski definition) is 4. The molecule has 122 valence electrons. The van der Waals surface area contributed by atoms with E-state index in [1.807, 2.05) is 0 Å². The van der Waals surface area contributed by atoms with Crippen LogP contribution in [0.1, 0.15) is 16.1 Å². The monoisotopic (exact) mass is 331 g/mol. The quantitative estimate of drug-likeness (QED) is 0.768. The van der Waals surface area contributed by atoms with Crippen LogP contribution in [-0.4, -0.2) is 16.2 Å². The molecule has 3 aromatic rings. The van der Waals surface area contributed by atoms with E-state index < -0.39 is 17.6 Å². The molecule has 0 radical (unpaired) electrons. The molecule has 24 heavy (non-hydrogen) atoms. The molecule has 1 aromatic heterocycles. The van der Waals surface area contributed by atoms with Gasteiger partial charge < -0.3 is 14.4 Å². The summed E-state index contributed by atoms with van der Waals surface area (Å²) in [7, 11) is 0. The molecule has 1 heterocycles. The summed E-state index contributed by atoms with van der Waals surface area (Å²) in [4.78, 5) is 10.8. The third-order valence-electron chi connectivity index (χ3n) is 3.26. The Balaban J connectivity index is 1.67. The van der Waals surface area contributed by atoms with Crippen LogP contribution in [0.15, 0.2) is 53.1 Å². The maximum absolute atomic E-state index is 13.1. The number of nitrogens with zero attached hydrogens (tertiary/aromatic N) is 1. The van der Waals surface area contributed by atoms with E-state index in [9.17, 15) is 13.6 Å². The second kappa shape index (κ2) is 6.49. The van der Waals surface area contributed by atoms with Crippen LogP contribution in [-0.2, 0) is 6.61 Å². The second-order valence-electron chi connectivity index (χ2n) is 4.94. The zero-order valence-electron chi connectivity index (χ0n) is 12.2. The summed E-state index contributed by atoms with van der Waals surface area (Å²) in [5, 5.41) is 12.5. The summed E-state index contributed by atoms with van der Waals surface area (Å²) in [5.41, 5.74) is 1.55. The lowest BCUT2D eigenvalue weighted by atomic mass is 10.1. The van der Waals surface area contributed by atoms with E-state index in [-0.39, 0.29) is 12.4 Å². The summed E-state index contributed by atoms with van der Waals surface area (Å²) in [6.45, 7) is 0.0870. The van der Waals surface area contributed by atoms with Crippen molar-refractivity contribution in [2.45, 2.75) is 6.61 Å². The molecule has 0 aliphatic rings. The Hall–Kier alpha value is -3.22. The lowest BCUT2D eigenvalue weighted by Gasteiger charge is -2.07. The standard InChI is InChI=1S/C17H11F2NO4/c18-13-6-1-10(7-14(13)19)9-23-12-4-2-11(3-5-12)15-8-16(17(21)22)24-20-15/h1-8H,9H2,(H,21,22). The van der Waals surface area contributed by atoms with Crippen molar-refractivity contribution in [3.8, 4) is 17.0 Å². The molecule has 0 amide bonds. The van der Waals surface area contributed by atoms with Crippen molar-refractivity contribution in [2.24, 2.45) is 0 Å². The van der Waals surface area contributed by atoms with Crippen LogP contribution in [0, 0.1) is 11.6 Å². The van der Waals surface area contributed by atoms with Crippen LogP contribution in [0.3, 0.4) is 0 Å². The highest BCUT2D eigenvalue weighted by Gasteiger charge is 2.12. The number of halogens is 2. The number of carboxylic acids is 1. The topological polar surface area (TPSA) is 72.6 Å². The van der Waals surface area contributed by atoms with Gasteiger partial charge in [-0.25, -0.2) is 13.6 Å². The van der Waals surface area contributed by atoms with E-state index in [1.165, 1.54) is 12.1 Å². The fourth-order valence-corrected chi connectivity index (χ4v) is 2.03. The molecule has 7 heteroatoms. The van der Waals surface area contributed by atoms with Crippen molar-refractivity contribution in [1.82, 2.24) is 5.16 Å². The largest absolute Gasteiger partial charge is 0.489 e. The number of aromatic nitrogens is 1. The molecular weight excluding hydrogens is 320 g/mol. The number of carboxylic acid groups (broad SMARTS) is 1. The maximum Gasteiger partial charge on any atom is 0.374 e. The summed E-state index contributed by atoms with van der Waals surface area (Å²) < 4.78 is 36.2. The molecule has 0 saturated heterocycles. The lowest BCUT2D eigenvalue weighted by Crippen LogP contribution is -1.97. The Labute approximate surface area is 135 Å². The first kappa shape index (κ1) is 15.7. The molecule has 5 nitrogen and oxygen atoms in total. The number of benzene rings is 2. The van der Waals surface area contributed by atoms with Crippen molar-refractivity contribution >= 4 is 5.97 Å². The van der Waals surface area contributed by atoms with Gasteiger partial charge in [0.2, 0.25) is 5.76 Å². The Morgan fingerprint density at radius 3 is 2.46 bits per heavy atom. The Morgan fingerprint density at radius 1 is 1.08 bits per heavy atom. The van der Waals surface area contributed by atoms with Crippen LogP contribution in [0.25, 0.3) is 11.3 Å². The van der Waals surface area contributed by atoms with Gasteiger partial charge in [-0.1, -0.05) is 11.2 Å². The average Bonchev–Trinajstić information content (AvgIpc) is 3.07. The van der Waals surface area contributed by atoms with Gasteiger partial charge in [-0.15, -0.1) is 0 Å². The predicted molar refractivity (Wildman–Crippen MR) is 79.6 cm³/mol. The van der Waals surface area contributed by atoms with Crippen LogP contribution < -0.4 is 4.74 Å². The van der Waals surface area contributed by atoms with Crippen molar-refractivity contribution in [2.75, 3.05) is 0 Å². The minimum absolute atomic E-state index is 0.0870. The smallest absolute Gasteiger partial charge is 0.374 e. The first-order chi connectivity index (χ1) is 11.5. The van der Waals surface area contributed by atoms with Gasteiger partial charge in [-0.05, 0) is 42.0 Å². The van der Waals surface area contributed by atoms with Crippen molar-refractivity contribution in [3.05, 3.63) is 71.5 Å². The van der Waals surface area contributed by atoms with Gasteiger partial charge in [0.25, 0.3) is 0 Å². The molecular formula is C17H11F2NO4. The molecule has 0 atom stereocenters. The first-order valence-electron chi connectivity index (χ1n) is 6.90. The summed E-state index contributed by atoms with van der Waals surface area (Å²) >= 11 is 0. The van der Waals surface area contributed by atoms with E-state index in [0.29, 0.717) is 22.6 Å². The second-order valence-corrected chi connectivity index (χ2v) is 4.94. The molecule has 0 aliphatic carbocycles. The predicted octanol–water partition coefficient (Wildman–Crippen LogP) is 3.90. The van der Waals surface area contributed by atoms with Gasteiger partial charge in [0.05, 0.1) is 0 Å². The molecule has 0 bridgehead atoms. The van der Waals surface area contributed by atoms with Crippen molar-refractivity contribution in [3.63, 3.8) is 0 Å². The van der Waals surface area contributed by atoms with E-state index in [2.05, 4.69) is 9.68 Å². The summed E-state index contributed by atoms with van der Waals surface area (Å²) in [5.74, 6) is -2.75. The summed E-state index contributed by atoms with van der Waals surface area (Å²) in [6.07, 6.45) is 0. The number of carbonyl (C=O) groups is 1. The molecule has 3 rings (SSSR count). The molecule has 1 N–H and O–H groups in total. The number of ether oxygens (including phenoxy) is 1. The van der Waals surface area contributed by atoms with Gasteiger partial charge in [-0.3, -0.25) is 0 Å². The first-order valence-corrected chi connectivity index (χ1v) is 6.90. The SMILES string of the molecule is O=C(O)c1cc(-c2ccc(OCc3ccc(F)c(F)c3)cc2)no1. The summed E-state index contributed by atoms with van der Waals surface area (Å²) in [6, 6.07) is 11.6. The van der Waals surface area contributed by atoms with Gasteiger partial charge in [0.1, 0.15) is 18.1 Å². The average molecular weight is 331 g/mol. The molecule has 0 spiro atoms. The van der Waals surface area contributed by atoms with Crippen LogP contribution in [0.2, 0.25) is 0 Å². The van der Waals surface area contributed by atoms with Crippen LogP contribution in [0.4, 0.5) is 8.78 Å². The van der Waals surface area contributed by atoms with Gasteiger partial charge >= 0.3 is 5.97 Å².